The molecule has 1 fully saturated rings. The highest BCUT2D eigenvalue weighted by atomic mass is 35.5. The van der Waals surface area contributed by atoms with Crippen LogP contribution in [0.2, 0.25) is 5.02 Å². The number of nitrogens with one attached hydrogen (secondary N) is 1. The van der Waals surface area contributed by atoms with E-state index in [0.29, 0.717) is 11.7 Å². The molecular formula is C22H23ClN2O. The van der Waals surface area contributed by atoms with Crippen molar-refractivity contribution >= 4 is 22.5 Å². The summed E-state index contributed by atoms with van der Waals surface area (Å²) in [5.74, 6) is 0.900. The third-order valence-corrected chi connectivity index (χ3v) is 6.81. The zero-order valence-corrected chi connectivity index (χ0v) is 15.7. The minimum absolute atomic E-state index is 0.0862. The second kappa shape index (κ2) is 5.77. The second-order valence-electron chi connectivity index (χ2n) is 8.07. The molecule has 1 saturated heterocycles. The number of piperidine rings is 1. The van der Waals surface area contributed by atoms with Crippen LogP contribution in [0.3, 0.4) is 0 Å². The average molecular weight is 367 g/mol. The minimum Gasteiger partial charge on any atom is -0.508 e. The van der Waals surface area contributed by atoms with Gasteiger partial charge in [-0.3, -0.25) is 0 Å². The first kappa shape index (κ1) is 16.2. The van der Waals surface area contributed by atoms with E-state index in [0.717, 1.165) is 37.4 Å². The molecule has 0 spiro atoms. The number of hydrogen-bond donors (Lipinski definition) is 2. The van der Waals surface area contributed by atoms with Crippen molar-refractivity contribution in [1.82, 2.24) is 9.88 Å². The van der Waals surface area contributed by atoms with E-state index < -0.39 is 0 Å². The number of nitrogens with zero attached hydrogens (tertiary/aromatic N) is 1. The molecule has 2 heterocycles. The Bertz CT molecular complexity index is 995. The summed E-state index contributed by atoms with van der Waals surface area (Å²) in [6.07, 6.45) is 3.17. The third-order valence-electron chi connectivity index (χ3n) is 6.57. The lowest BCUT2D eigenvalue weighted by atomic mass is 9.59. The molecule has 4 heteroatoms. The van der Waals surface area contributed by atoms with Crippen molar-refractivity contribution in [3.8, 4) is 5.75 Å². The molecule has 3 aromatic rings. The smallest absolute Gasteiger partial charge is 0.115 e. The van der Waals surface area contributed by atoms with Crippen molar-refractivity contribution in [3.63, 3.8) is 0 Å². The predicted octanol–water partition coefficient (Wildman–Crippen LogP) is 4.52. The monoisotopic (exact) mass is 366 g/mol. The lowest BCUT2D eigenvalue weighted by Gasteiger charge is -2.50. The molecule has 1 aliphatic heterocycles. The lowest BCUT2D eigenvalue weighted by Crippen LogP contribution is -2.52. The Morgan fingerprint density at radius 2 is 2.12 bits per heavy atom. The summed E-state index contributed by atoms with van der Waals surface area (Å²) in [5.41, 5.74) is 5.31. The first-order valence-electron chi connectivity index (χ1n) is 9.32. The predicted molar refractivity (Wildman–Crippen MR) is 106 cm³/mol. The van der Waals surface area contributed by atoms with E-state index in [9.17, 15) is 5.11 Å². The quantitative estimate of drug-likeness (QED) is 0.664. The van der Waals surface area contributed by atoms with Crippen molar-refractivity contribution in [3.05, 3.63) is 64.3 Å². The summed E-state index contributed by atoms with van der Waals surface area (Å²) < 4.78 is 0. The van der Waals surface area contributed by atoms with Gasteiger partial charge in [0.05, 0.1) is 0 Å². The number of phenols is 1. The summed E-state index contributed by atoms with van der Waals surface area (Å²) >= 11 is 6.27. The molecule has 26 heavy (non-hydrogen) atoms. The van der Waals surface area contributed by atoms with E-state index >= 15 is 0 Å². The maximum atomic E-state index is 10.1. The fourth-order valence-electron chi connectivity index (χ4n) is 5.25. The summed E-state index contributed by atoms with van der Waals surface area (Å²) in [7, 11) is 2.22. The van der Waals surface area contributed by atoms with Crippen LogP contribution in [0.4, 0.5) is 0 Å². The largest absolute Gasteiger partial charge is 0.508 e. The minimum atomic E-state index is 0.0862. The van der Waals surface area contributed by atoms with Crippen LogP contribution in [-0.2, 0) is 18.3 Å². The van der Waals surface area contributed by atoms with Crippen molar-refractivity contribution in [2.24, 2.45) is 5.92 Å². The number of aromatic amines is 1. The first-order chi connectivity index (χ1) is 12.5. The molecule has 0 bridgehead atoms. The Kier molecular flexibility index (Phi) is 3.60. The summed E-state index contributed by atoms with van der Waals surface area (Å²) in [6.45, 7) is 2.18. The van der Waals surface area contributed by atoms with Crippen LogP contribution in [0.1, 0.15) is 23.2 Å². The number of halogens is 1. The van der Waals surface area contributed by atoms with E-state index in [4.69, 9.17) is 11.6 Å². The van der Waals surface area contributed by atoms with Gasteiger partial charge in [0.1, 0.15) is 5.75 Å². The zero-order chi connectivity index (χ0) is 17.9. The Hall–Kier alpha value is -1.97. The van der Waals surface area contributed by atoms with E-state index in [1.165, 1.54) is 27.7 Å². The van der Waals surface area contributed by atoms with Gasteiger partial charge in [-0.2, -0.15) is 0 Å². The Morgan fingerprint density at radius 1 is 1.23 bits per heavy atom. The molecule has 1 aliphatic carbocycles. The van der Waals surface area contributed by atoms with E-state index in [1.54, 1.807) is 6.07 Å². The molecule has 5 rings (SSSR count). The molecular weight excluding hydrogens is 344 g/mol. The Labute approximate surface area is 158 Å². The van der Waals surface area contributed by atoms with Gasteiger partial charge < -0.3 is 15.0 Å². The highest BCUT2D eigenvalue weighted by molar-refractivity contribution is 6.31. The number of likely N-dealkylation sites (tertiary alicyclic amines) is 1. The van der Waals surface area contributed by atoms with Crippen LogP contribution in [0.25, 0.3) is 10.9 Å². The third kappa shape index (κ3) is 2.38. The SMILES string of the molecule is CN1CCC2(c3cccc(O)c3)Cc3[nH]c4ccc(Cl)cc4c3CC2C1. The van der Waals surface area contributed by atoms with Crippen LogP contribution in [0.5, 0.6) is 5.75 Å². The fourth-order valence-corrected chi connectivity index (χ4v) is 5.42. The van der Waals surface area contributed by atoms with Crippen molar-refractivity contribution in [2.75, 3.05) is 20.1 Å². The van der Waals surface area contributed by atoms with Crippen LogP contribution in [0, 0.1) is 5.92 Å². The molecule has 1 aromatic heterocycles. The van der Waals surface area contributed by atoms with E-state index in [2.05, 4.69) is 35.1 Å². The van der Waals surface area contributed by atoms with Gasteiger partial charge >= 0.3 is 0 Å². The molecule has 134 valence electrons. The topological polar surface area (TPSA) is 39.3 Å². The highest BCUT2D eigenvalue weighted by Gasteiger charge is 2.47. The van der Waals surface area contributed by atoms with Crippen molar-refractivity contribution < 1.29 is 5.11 Å². The number of H-pyrrole nitrogens is 1. The van der Waals surface area contributed by atoms with Crippen LogP contribution in [0.15, 0.2) is 42.5 Å². The number of benzene rings is 2. The average Bonchev–Trinajstić information content (AvgIpc) is 2.96. The molecule has 2 atom stereocenters. The fraction of sp³-hybridized carbons (Fsp3) is 0.364. The first-order valence-corrected chi connectivity index (χ1v) is 9.70. The molecule has 3 nitrogen and oxygen atoms in total. The normalized spacial score (nSPS) is 25.8. The molecule has 2 aromatic carbocycles. The number of phenolic OH excluding ortho intramolecular Hbond substituents is 1. The van der Waals surface area contributed by atoms with Crippen molar-refractivity contribution in [2.45, 2.75) is 24.7 Å². The Morgan fingerprint density at radius 3 is 2.96 bits per heavy atom. The molecule has 2 unspecified atom stereocenters. The lowest BCUT2D eigenvalue weighted by molar-refractivity contribution is 0.0994. The highest BCUT2D eigenvalue weighted by Crippen LogP contribution is 2.49. The summed E-state index contributed by atoms with van der Waals surface area (Å²) in [4.78, 5) is 6.10. The van der Waals surface area contributed by atoms with Gasteiger partial charge in [-0.25, -0.2) is 0 Å². The number of fused-ring (bicyclic) bond motifs is 4. The number of aromatic hydroxyl groups is 1. The zero-order valence-electron chi connectivity index (χ0n) is 14.9. The van der Waals surface area contributed by atoms with Gasteiger partial charge in [-0.15, -0.1) is 0 Å². The van der Waals surface area contributed by atoms with Crippen LogP contribution in [-0.4, -0.2) is 35.1 Å². The summed E-state index contributed by atoms with van der Waals surface area (Å²) in [5, 5.41) is 12.2. The Balaban J connectivity index is 1.68. The van der Waals surface area contributed by atoms with E-state index in [-0.39, 0.29) is 5.41 Å². The van der Waals surface area contributed by atoms with E-state index in [1.807, 2.05) is 18.2 Å². The molecule has 2 N–H and O–H groups in total. The maximum Gasteiger partial charge on any atom is 0.115 e. The van der Waals surface area contributed by atoms with Crippen LogP contribution < -0.4 is 0 Å². The van der Waals surface area contributed by atoms with Gasteiger partial charge in [0.2, 0.25) is 0 Å². The number of hydrogen-bond acceptors (Lipinski definition) is 2. The van der Waals surface area contributed by atoms with Crippen molar-refractivity contribution in [1.29, 1.82) is 0 Å². The second-order valence-corrected chi connectivity index (χ2v) is 8.50. The van der Waals surface area contributed by atoms with Gasteiger partial charge in [-0.1, -0.05) is 23.7 Å². The number of rotatable bonds is 1. The molecule has 0 amide bonds. The van der Waals surface area contributed by atoms with Gasteiger partial charge in [0.25, 0.3) is 0 Å². The molecule has 2 aliphatic rings. The molecule has 0 radical (unpaired) electrons. The maximum absolute atomic E-state index is 10.1. The number of aromatic nitrogens is 1. The molecule has 0 saturated carbocycles. The standard InChI is InChI=1S/C22H23ClN2O/c1-25-8-7-22(14-3-2-4-17(26)9-14)12-21-18(10-15(22)13-25)19-11-16(23)5-6-20(19)24-21/h2-6,9,11,15,24,26H,7-8,10,12-13H2,1H3. The van der Waals surface area contributed by atoms with Crippen LogP contribution >= 0.6 is 11.6 Å². The summed E-state index contributed by atoms with van der Waals surface area (Å²) in [6, 6.07) is 14.1. The van der Waals surface area contributed by atoms with Gasteiger partial charge in [0.15, 0.2) is 0 Å². The van der Waals surface area contributed by atoms with Gasteiger partial charge in [0, 0.05) is 33.6 Å². The van der Waals surface area contributed by atoms with Gasteiger partial charge in [-0.05, 0) is 80.2 Å².